The number of aromatic nitrogens is 1. The van der Waals surface area contributed by atoms with E-state index in [1.165, 1.54) is 0 Å². The second kappa shape index (κ2) is 5.17. The lowest BCUT2D eigenvalue weighted by Gasteiger charge is -2.12. The fraction of sp³-hybridized carbons (Fsp3) is 0.154. The lowest BCUT2D eigenvalue weighted by Crippen LogP contribution is -2.22. The Morgan fingerprint density at radius 2 is 1.79 bits per heavy atom. The Kier molecular flexibility index (Phi) is 3.59. The highest BCUT2D eigenvalue weighted by atomic mass is 19.4. The second-order valence-corrected chi connectivity index (χ2v) is 3.82. The third-order valence-electron chi connectivity index (χ3n) is 2.44. The summed E-state index contributed by atoms with van der Waals surface area (Å²) in [6, 6.07) is 9.83. The van der Waals surface area contributed by atoms with Gasteiger partial charge in [0.2, 0.25) is 0 Å². The molecular weight excluding hydrogens is 259 g/mol. The fourth-order valence-corrected chi connectivity index (χ4v) is 1.58. The summed E-state index contributed by atoms with van der Waals surface area (Å²) in [5, 5.41) is 0. The molecule has 100 valence electrons. The first-order valence-electron chi connectivity index (χ1n) is 5.44. The number of hydrogen-bond donors (Lipinski definition) is 1. The molecule has 0 aliphatic carbocycles. The summed E-state index contributed by atoms with van der Waals surface area (Å²) >= 11 is 0. The molecule has 0 atom stereocenters. The predicted octanol–water partition coefficient (Wildman–Crippen LogP) is 2.97. The van der Waals surface area contributed by atoms with Gasteiger partial charge in [-0.1, -0.05) is 30.3 Å². The molecule has 0 bridgehead atoms. The van der Waals surface area contributed by atoms with E-state index in [-0.39, 0.29) is 6.61 Å². The first-order valence-corrected chi connectivity index (χ1v) is 5.44. The van der Waals surface area contributed by atoms with Gasteiger partial charge in [-0.15, -0.1) is 0 Å². The van der Waals surface area contributed by atoms with Gasteiger partial charge in [0.25, 0.3) is 5.56 Å². The van der Waals surface area contributed by atoms with E-state index in [4.69, 9.17) is 4.74 Å². The number of nitrogens with one attached hydrogen (secondary N) is 1. The first-order chi connectivity index (χ1) is 8.98. The van der Waals surface area contributed by atoms with Gasteiger partial charge in [0.1, 0.15) is 12.4 Å². The topological polar surface area (TPSA) is 42.1 Å². The van der Waals surface area contributed by atoms with Gasteiger partial charge in [0, 0.05) is 6.20 Å². The van der Waals surface area contributed by atoms with Crippen molar-refractivity contribution in [3.05, 3.63) is 64.1 Å². The molecule has 0 radical (unpaired) electrons. The van der Waals surface area contributed by atoms with Gasteiger partial charge in [-0.2, -0.15) is 13.2 Å². The number of H-pyrrole nitrogens is 1. The zero-order valence-corrected chi connectivity index (χ0v) is 9.70. The molecule has 0 spiro atoms. The van der Waals surface area contributed by atoms with Crippen LogP contribution in [0, 0.1) is 0 Å². The molecule has 1 aromatic carbocycles. The molecule has 3 nitrogen and oxygen atoms in total. The quantitative estimate of drug-likeness (QED) is 0.930. The number of pyridine rings is 1. The predicted molar refractivity (Wildman–Crippen MR) is 62.8 cm³/mol. The number of aromatic amines is 1. The van der Waals surface area contributed by atoms with Crippen LogP contribution >= 0.6 is 0 Å². The summed E-state index contributed by atoms with van der Waals surface area (Å²) in [4.78, 5) is 13.2. The number of ether oxygens (including phenoxy) is 1. The zero-order valence-electron chi connectivity index (χ0n) is 9.70. The molecule has 1 heterocycles. The summed E-state index contributed by atoms with van der Waals surface area (Å²) in [5.41, 5.74) is -1.81. The number of halogens is 3. The maximum absolute atomic E-state index is 12.7. The van der Waals surface area contributed by atoms with Gasteiger partial charge >= 0.3 is 6.18 Å². The van der Waals surface area contributed by atoms with E-state index in [9.17, 15) is 18.0 Å². The third kappa shape index (κ3) is 3.15. The van der Waals surface area contributed by atoms with E-state index < -0.39 is 23.0 Å². The molecule has 19 heavy (non-hydrogen) atoms. The van der Waals surface area contributed by atoms with Crippen LogP contribution in [-0.2, 0) is 12.8 Å². The van der Waals surface area contributed by atoms with Gasteiger partial charge < -0.3 is 9.72 Å². The van der Waals surface area contributed by atoms with Gasteiger partial charge in [-0.25, -0.2) is 0 Å². The molecule has 0 fully saturated rings. The number of benzene rings is 1. The highest BCUT2D eigenvalue weighted by Crippen LogP contribution is 2.33. The summed E-state index contributed by atoms with van der Waals surface area (Å²) in [7, 11) is 0. The van der Waals surface area contributed by atoms with Crippen molar-refractivity contribution in [2.45, 2.75) is 12.8 Å². The molecule has 0 aliphatic rings. The van der Waals surface area contributed by atoms with E-state index in [1.54, 1.807) is 30.3 Å². The number of rotatable bonds is 3. The van der Waals surface area contributed by atoms with Crippen LogP contribution in [0.3, 0.4) is 0 Å². The Bertz CT molecular complexity index is 605. The Labute approximate surface area is 106 Å². The standard InChI is InChI=1S/C13H10F3NO2/c14-13(15,16)11-10(6-7-17-12(11)18)19-8-9-4-2-1-3-5-9/h1-7H,8H2,(H,17,18). The van der Waals surface area contributed by atoms with E-state index in [0.29, 0.717) is 0 Å². The van der Waals surface area contributed by atoms with Crippen molar-refractivity contribution >= 4 is 0 Å². The van der Waals surface area contributed by atoms with Crippen molar-refractivity contribution in [2.75, 3.05) is 0 Å². The van der Waals surface area contributed by atoms with E-state index >= 15 is 0 Å². The molecule has 0 aliphatic heterocycles. The average Bonchev–Trinajstić information content (AvgIpc) is 2.36. The summed E-state index contributed by atoms with van der Waals surface area (Å²) in [6.45, 7) is -0.0344. The summed E-state index contributed by atoms with van der Waals surface area (Å²) < 4.78 is 43.3. The normalized spacial score (nSPS) is 11.3. The zero-order chi connectivity index (χ0) is 13.9. The minimum Gasteiger partial charge on any atom is -0.488 e. The van der Waals surface area contributed by atoms with Crippen molar-refractivity contribution in [3.63, 3.8) is 0 Å². The number of alkyl halides is 3. The molecule has 1 aromatic heterocycles. The van der Waals surface area contributed by atoms with Crippen LogP contribution in [0.1, 0.15) is 11.1 Å². The van der Waals surface area contributed by atoms with Gasteiger partial charge in [0.05, 0.1) is 0 Å². The van der Waals surface area contributed by atoms with Crippen molar-refractivity contribution in [3.8, 4) is 5.75 Å². The monoisotopic (exact) mass is 269 g/mol. The molecule has 0 saturated heterocycles. The molecule has 0 amide bonds. The Hall–Kier alpha value is -2.24. The van der Waals surface area contributed by atoms with Gasteiger partial charge in [-0.05, 0) is 11.6 Å². The van der Waals surface area contributed by atoms with Gasteiger partial charge in [-0.3, -0.25) is 4.79 Å². The number of hydrogen-bond acceptors (Lipinski definition) is 2. The van der Waals surface area contributed by atoms with Crippen LogP contribution in [0.5, 0.6) is 5.75 Å². The lowest BCUT2D eigenvalue weighted by atomic mass is 10.2. The maximum Gasteiger partial charge on any atom is 0.425 e. The summed E-state index contributed by atoms with van der Waals surface area (Å²) in [5.74, 6) is -0.472. The molecular formula is C13H10F3NO2. The van der Waals surface area contributed by atoms with Crippen LogP contribution in [0.4, 0.5) is 13.2 Å². The Morgan fingerprint density at radius 3 is 2.42 bits per heavy atom. The maximum atomic E-state index is 12.7. The largest absolute Gasteiger partial charge is 0.488 e. The average molecular weight is 269 g/mol. The molecule has 0 unspecified atom stereocenters. The molecule has 0 saturated carbocycles. The van der Waals surface area contributed by atoms with E-state index in [2.05, 4.69) is 0 Å². The SMILES string of the molecule is O=c1[nH]ccc(OCc2ccccc2)c1C(F)(F)F. The third-order valence-corrected chi connectivity index (χ3v) is 2.44. The van der Waals surface area contributed by atoms with Crippen molar-refractivity contribution in [1.29, 1.82) is 0 Å². The molecule has 2 aromatic rings. The minimum atomic E-state index is -4.75. The summed E-state index contributed by atoms with van der Waals surface area (Å²) in [6.07, 6.45) is -3.63. The highest BCUT2D eigenvalue weighted by molar-refractivity contribution is 5.33. The smallest absolute Gasteiger partial charge is 0.425 e. The first kappa shape index (κ1) is 13.2. The van der Waals surface area contributed by atoms with E-state index in [0.717, 1.165) is 17.8 Å². The Balaban J connectivity index is 2.26. The lowest BCUT2D eigenvalue weighted by molar-refractivity contribution is -0.140. The highest BCUT2D eigenvalue weighted by Gasteiger charge is 2.37. The van der Waals surface area contributed by atoms with Crippen LogP contribution in [-0.4, -0.2) is 4.98 Å². The molecule has 2 rings (SSSR count). The van der Waals surface area contributed by atoms with E-state index in [1.807, 2.05) is 4.98 Å². The second-order valence-electron chi connectivity index (χ2n) is 3.82. The van der Waals surface area contributed by atoms with Crippen molar-refractivity contribution in [2.24, 2.45) is 0 Å². The minimum absolute atomic E-state index is 0.0344. The van der Waals surface area contributed by atoms with Crippen molar-refractivity contribution < 1.29 is 17.9 Å². The van der Waals surface area contributed by atoms with Crippen LogP contribution in [0.25, 0.3) is 0 Å². The Morgan fingerprint density at radius 1 is 1.11 bits per heavy atom. The van der Waals surface area contributed by atoms with Crippen LogP contribution in [0.2, 0.25) is 0 Å². The van der Waals surface area contributed by atoms with Crippen LogP contribution < -0.4 is 10.3 Å². The van der Waals surface area contributed by atoms with Gasteiger partial charge in [0.15, 0.2) is 5.56 Å². The molecule has 6 heteroatoms. The van der Waals surface area contributed by atoms with Crippen molar-refractivity contribution in [1.82, 2.24) is 4.98 Å². The fourth-order valence-electron chi connectivity index (χ4n) is 1.58. The van der Waals surface area contributed by atoms with Crippen LogP contribution in [0.15, 0.2) is 47.4 Å². The molecule has 1 N–H and O–H groups in total.